The van der Waals surface area contributed by atoms with Gasteiger partial charge in [-0.25, -0.2) is 0 Å². The molecule has 0 aromatic carbocycles. The van der Waals surface area contributed by atoms with Gasteiger partial charge >= 0.3 is 0 Å². The molecule has 0 spiro atoms. The summed E-state index contributed by atoms with van der Waals surface area (Å²) in [6.07, 6.45) is 3.30. The van der Waals surface area contributed by atoms with E-state index in [1.54, 1.807) is 11.3 Å². The van der Waals surface area contributed by atoms with Gasteiger partial charge in [0.25, 0.3) is 0 Å². The minimum absolute atomic E-state index is 0.0103. The summed E-state index contributed by atoms with van der Waals surface area (Å²) in [5.74, 6) is 0.139. The first kappa shape index (κ1) is 11.6. The predicted octanol–water partition coefficient (Wildman–Crippen LogP) is 2.07. The molecule has 2 atom stereocenters. The Labute approximate surface area is 100 Å². The summed E-state index contributed by atoms with van der Waals surface area (Å²) < 4.78 is 0. The van der Waals surface area contributed by atoms with Crippen molar-refractivity contribution in [1.82, 2.24) is 10.6 Å². The van der Waals surface area contributed by atoms with Crippen LogP contribution in [0, 0.1) is 0 Å². The van der Waals surface area contributed by atoms with Crippen LogP contribution >= 0.6 is 11.3 Å². The van der Waals surface area contributed by atoms with E-state index < -0.39 is 0 Å². The van der Waals surface area contributed by atoms with E-state index in [1.807, 2.05) is 18.4 Å². The van der Waals surface area contributed by atoms with Crippen LogP contribution in [-0.2, 0) is 4.79 Å². The van der Waals surface area contributed by atoms with Crippen LogP contribution in [0.2, 0.25) is 0 Å². The predicted molar refractivity (Wildman–Crippen MR) is 66.5 cm³/mol. The van der Waals surface area contributed by atoms with E-state index in [0.29, 0.717) is 0 Å². The number of carbonyl (C=O) groups is 1. The topological polar surface area (TPSA) is 41.1 Å². The highest BCUT2D eigenvalue weighted by Gasteiger charge is 2.22. The lowest BCUT2D eigenvalue weighted by molar-refractivity contribution is -0.124. The summed E-state index contributed by atoms with van der Waals surface area (Å²) in [4.78, 5) is 13.1. The summed E-state index contributed by atoms with van der Waals surface area (Å²) in [6, 6.07) is 4.21. The highest BCUT2D eigenvalue weighted by molar-refractivity contribution is 7.10. The summed E-state index contributed by atoms with van der Waals surface area (Å²) in [6.45, 7) is 3.00. The maximum absolute atomic E-state index is 11.9. The van der Waals surface area contributed by atoms with Crippen LogP contribution in [-0.4, -0.2) is 18.5 Å². The Morgan fingerprint density at radius 1 is 1.62 bits per heavy atom. The lowest BCUT2D eigenvalue weighted by Gasteiger charge is -2.24. The van der Waals surface area contributed by atoms with Crippen LogP contribution in [0.3, 0.4) is 0 Å². The highest BCUT2D eigenvalue weighted by atomic mass is 32.1. The van der Waals surface area contributed by atoms with Gasteiger partial charge < -0.3 is 10.6 Å². The zero-order valence-corrected chi connectivity index (χ0v) is 10.3. The third-order valence-electron chi connectivity index (χ3n) is 2.96. The smallest absolute Gasteiger partial charge is 0.237 e. The molecule has 88 valence electrons. The molecule has 16 heavy (non-hydrogen) atoms. The van der Waals surface area contributed by atoms with Crippen molar-refractivity contribution in [2.24, 2.45) is 0 Å². The Morgan fingerprint density at radius 3 is 3.12 bits per heavy atom. The van der Waals surface area contributed by atoms with Gasteiger partial charge in [0.05, 0.1) is 12.1 Å². The van der Waals surface area contributed by atoms with Crippen molar-refractivity contribution < 1.29 is 4.79 Å². The van der Waals surface area contributed by atoms with Crippen molar-refractivity contribution >= 4 is 17.2 Å². The summed E-state index contributed by atoms with van der Waals surface area (Å²) in [7, 11) is 0. The fourth-order valence-electron chi connectivity index (χ4n) is 2.00. The molecule has 1 aliphatic rings. The first-order valence-electron chi connectivity index (χ1n) is 5.84. The van der Waals surface area contributed by atoms with Crippen LogP contribution in [0.25, 0.3) is 0 Å². The molecule has 1 fully saturated rings. The average molecular weight is 238 g/mol. The molecular formula is C12H18N2OS. The van der Waals surface area contributed by atoms with Crippen molar-refractivity contribution in [3.05, 3.63) is 22.4 Å². The molecule has 1 aromatic heterocycles. The number of thiophene rings is 1. The second-order valence-corrected chi connectivity index (χ2v) is 5.23. The van der Waals surface area contributed by atoms with Crippen molar-refractivity contribution in [2.45, 2.75) is 38.3 Å². The zero-order chi connectivity index (χ0) is 11.4. The van der Waals surface area contributed by atoms with Gasteiger partial charge in [-0.1, -0.05) is 12.5 Å². The minimum atomic E-state index is 0.0103. The molecular weight excluding hydrogens is 220 g/mol. The highest BCUT2D eigenvalue weighted by Crippen LogP contribution is 2.18. The van der Waals surface area contributed by atoms with E-state index in [9.17, 15) is 4.79 Å². The number of hydrogen-bond acceptors (Lipinski definition) is 3. The molecule has 1 aliphatic heterocycles. The number of nitrogens with one attached hydrogen (secondary N) is 2. The minimum Gasteiger partial charge on any atom is -0.347 e. The summed E-state index contributed by atoms with van der Waals surface area (Å²) in [5.41, 5.74) is 0. The standard InChI is InChI=1S/C12H18N2OS/c1-9(11-6-4-8-16-11)14-12(15)10-5-2-3-7-13-10/h4,6,8-10,13H,2-3,5,7H2,1H3,(H,14,15). The molecule has 2 rings (SSSR count). The second kappa shape index (κ2) is 5.46. The van der Waals surface area contributed by atoms with Gasteiger partial charge in [0.15, 0.2) is 0 Å². The fraction of sp³-hybridized carbons (Fsp3) is 0.583. The van der Waals surface area contributed by atoms with Gasteiger partial charge in [-0.3, -0.25) is 4.79 Å². The SMILES string of the molecule is CC(NC(=O)C1CCCCN1)c1cccs1. The number of amides is 1. The van der Waals surface area contributed by atoms with Crippen LogP contribution in [0.4, 0.5) is 0 Å². The van der Waals surface area contributed by atoms with E-state index >= 15 is 0 Å². The van der Waals surface area contributed by atoms with Gasteiger partial charge in [-0.05, 0) is 37.8 Å². The number of hydrogen-bond donors (Lipinski definition) is 2. The van der Waals surface area contributed by atoms with E-state index in [4.69, 9.17) is 0 Å². The van der Waals surface area contributed by atoms with Crippen molar-refractivity contribution in [3.63, 3.8) is 0 Å². The third-order valence-corrected chi connectivity index (χ3v) is 4.01. The van der Waals surface area contributed by atoms with E-state index in [0.717, 1.165) is 19.4 Å². The average Bonchev–Trinajstić information content (AvgIpc) is 2.83. The molecule has 1 aromatic rings. The van der Waals surface area contributed by atoms with Crippen LogP contribution in [0.5, 0.6) is 0 Å². The Bertz CT molecular complexity index is 331. The molecule has 4 heteroatoms. The van der Waals surface area contributed by atoms with Crippen molar-refractivity contribution in [3.8, 4) is 0 Å². The Balaban J connectivity index is 1.86. The Hall–Kier alpha value is -0.870. The number of rotatable bonds is 3. The Morgan fingerprint density at radius 2 is 2.50 bits per heavy atom. The monoisotopic (exact) mass is 238 g/mol. The fourth-order valence-corrected chi connectivity index (χ4v) is 2.73. The quantitative estimate of drug-likeness (QED) is 0.846. The maximum Gasteiger partial charge on any atom is 0.237 e. The molecule has 1 saturated heterocycles. The number of carbonyl (C=O) groups excluding carboxylic acids is 1. The van der Waals surface area contributed by atoms with Crippen LogP contribution < -0.4 is 10.6 Å². The van der Waals surface area contributed by atoms with Gasteiger partial charge in [0.1, 0.15) is 0 Å². The van der Waals surface area contributed by atoms with Gasteiger partial charge in [0.2, 0.25) is 5.91 Å². The zero-order valence-electron chi connectivity index (χ0n) is 9.53. The molecule has 2 N–H and O–H groups in total. The summed E-state index contributed by atoms with van der Waals surface area (Å²) >= 11 is 1.68. The molecule has 0 radical (unpaired) electrons. The molecule has 0 aliphatic carbocycles. The first-order chi connectivity index (χ1) is 7.77. The molecule has 0 bridgehead atoms. The van der Waals surface area contributed by atoms with Gasteiger partial charge in [0, 0.05) is 4.88 Å². The third kappa shape index (κ3) is 2.83. The summed E-state index contributed by atoms with van der Waals surface area (Å²) in [5, 5.41) is 8.36. The molecule has 1 amide bonds. The van der Waals surface area contributed by atoms with E-state index in [2.05, 4.69) is 16.7 Å². The van der Waals surface area contributed by atoms with Crippen molar-refractivity contribution in [1.29, 1.82) is 0 Å². The van der Waals surface area contributed by atoms with E-state index in [-0.39, 0.29) is 18.0 Å². The lowest BCUT2D eigenvalue weighted by atomic mass is 10.0. The molecule has 2 unspecified atom stereocenters. The second-order valence-electron chi connectivity index (χ2n) is 4.25. The van der Waals surface area contributed by atoms with Crippen LogP contribution in [0.15, 0.2) is 17.5 Å². The van der Waals surface area contributed by atoms with Gasteiger partial charge in [-0.2, -0.15) is 0 Å². The molecule has 3 nitrogen and oxygen atoms in total. The maximum atomic E-state index is 11.9. The van der Waals surface area contributed by atoms with Crippen LogP contribution in [0.1, 0.15) is 37.1 Å². The number of piperidine rings is 1. The van der Waals surface area contributed by atoms with Crippen molar-refractivity contribution in [2.75, 3.05) is 6.54 Å². The lowest BCUT2D eigenvalue weighted by Crippen LogP contribution is -2.47. The molecule has 2 heterocycles. The Kier molecular flexibility index (Phi) is 3.96. The first-order valence-corrected chi connectivity index (χ1v) is 6.72. The van der Waals surface area contributed by atoms with Gasteiger partial charge in [-0.15, -0.1) is 11.3 Å². The largest absolute Gasteiger partial charge is 0.347 e. The normalized spacial score (nSPS) is 22.7. The molecule has 0 saturated carbocycles. The van der Waals surface area contributed by atoms with E-state index in [1.165, 1.54) is 11.3 Å².